The molecule has 1 aromatic carbocycles. The van der Waals surface area contributed by atoms with Crippen LogP contribution in [0.1, 0.15) is 38.8 Å². The normalized spacial score (nSPS) is 13.7. The lowest BCUT2D eigenvalue weighted by atomic mass is 10.0. The van der Waals surface area contributed by atoms with Gasteiger partial charge in [0.2, 0.25) is 0 Å². The number of halogens is 2. The number of rotatable bonds is 4. The zero-order valence-electron chi connectivity index (χ0n) is 12.0. The average molecular weight is 355 g/mol. The van der Waals surface area contributed by atoms with Gasteiger partial charge in [0.1, 0.15) is 0 Å². The van der Waals surface area contributed by atoms with Crippen molar-refractivity contribution in [3.8, 4) is 0 Å². The largest absolute Gasteiger partial charge is 0.352 e. The fourth-order valence-corrected chi connectivity index (χ4v) is 4.21. The average Bonchev–Trinajstić information content (AvgIpc) is 2.89. The highest BCUT2D eigenvalue weighted by Crippen LogP contribution is 2.26. The first-order valence-corrected chi connectivity index (χ1v) is 8.91. The van der Waals surface area contributed by atoms with Gasteiger partial charge in [-0.2, -0.15) is 0 Å². The van der Waals surface area contributed by atoms with Crippen LogP contribution in [0, 0.1) is 0 Å². The third kappa shape index (κ3) is 3.62. The molecule has 0 fully saturated rings. The molecule has 1 N–H and O–H groups in total. The Labute approximate surface area is 143 Å². The maximum absolute atomic E-state index is 12.1. The van der Waals surface area contributed by atoms with Crippen LogP contribution in [0.2, 0.25) is 10.0 Å². The Balaban J connectivity index is 1.56. The standard InChI is InChI=1S/C16H16Cl2N2OS/c17-10-5-6-11(12(18)9-10)16(21)19-8-7-15-20-13-3-1-2-4-14(13)22-15/h5-6,9H,1-4,7-8H2,(H,19,21). The number of nitrogens with one attached hydrogen (secondary N) is 1. The van der Waals surface area contributed by atoms with Gasteiger partial charge in [0.25, 0.3) is 5.91 Å². The summed E-state index contributed by atoms with van der Waals surface area (Å²) in [5.74, 6) is -0.178. The molecule has 6 heteroatoms. The number of thiazole rings is 1. The van der Waals surface area contributed by atoms with Crippen LogP contribution in [0.4, 0.5) is 0 Å². The van der Waals surface area contributed by atoms with Crippen LogP contribution in [0.3, 0.4) is 0 Å². The third-order valence-electron chi connectivity index (χ3n) is 3.69. The fourth-order valence-electron chi connectivity index (χ4n) is 2.56. The van der Waals surface area contributed by atoms with Gasteiger partial charge in [-0.15, -0.1) is 11.3 Å². The number of carbonyl (C=O) groups excluding carboxylic acids is 1. The van der Waals surface area contributed by atoms with Crippen LogP contribution in [0.5, 0.6) is 0 Å². The summed E-state index contributed by atoms with van der Waals surface area (Å²) in [6, 6.07) is 4.88. The van der Waals surface area contributed by atoms with Crippen LogP contribution in [0.15, 0.2) is 18.2 Å². The Morgan fingerprint density at radius 3 is 2.86 bits per heavy atom. The van der Waals surface area contributed by atoms with Crippen LogP contribution in [-0.4, -0.2) is 17.4 Å². The molecule has 0 saturated heterocycles. The van der Waals surface area contributed by atoms with E-state index >= 15 is 0 Å². The molecule has 1 aliphatic carbocycles. The number of hydrogen-bond acceptors (Lipinski definition) is 3. The summed E-state index contributed by atoms with van der Waals surface area (Å²) in [4.78, 5) is 18.2. The molecule has 0 saturated carbocycles. The molecular formula is C16H16Cl2N2OS. The van der Waals surface area contributed by atoms with Gasteiger partial charge in [0.05, 0.1) is 21.3 Å². The molecule has 3 rings (SSSR count). The summed E-state index contributed by atoms with van der Waals surface area (Å²) in [5, 5.41) is 4.89. The molecular weight excluding hydrogens is 339 g/mol. The van der Waals surface area contributed by atoms with Crippen LogP contribution in [-0.2, 0) is 19.3 Å². The lowest BCUT2D eigenvalue weighted by molar-refractivity contribution is 0.0954. The quantitative estimate of drug-likeness (QED) is 0.888. The molecule has 0 spiro atoms. The maximum atomic E-state index is 12.1. The molecule has 0 radical (unpaired) electrons. The Bertz CT molecular complexity index is 676. The molecule has 3 nitrogen and oxygen atoms in total. The minimum absolute atomic E-state index is 0.178. The highest BCUT2D eigenvalue weighted by atomic mass is 35.5. The summed E-state index contributed by atoms with van der Waals surface area (Å²) in [6.45, 7) is 0.560. The van der Waals surface area contributed by atoms with Crippen molar-refractivity contribution in [1.29, 1.82) is 0 Å². The van der Waals surface area contributed by atoms with E-state index in [0.717, 1.165) is 24.3 Å². The first kappa shape index (κ1) is 15.8. The second-order valence-corrected chi connectivity index (χ2v) is 7.33. The predicted octanol–water partition coefficient (Wildman–Crippen LogP) is 4.30. The van der Waals surface area contributed by atoms with E-state index in [1.807, 2.05) is 0 Å². The molecule has 116 valence electrons. The Hall–Kier alpha value is -1.10. The highest BCUT2D eigenvalue weighted by molar-refractivity contribution is 7.11. The van der Waals surface area contributed by atoms with E-state index in [9.17, 15) is 4.79 Å². The molecule has 0 atom stereocenters. The third-order valence-corrected chi connectivity index (χ3v) is 5.46. The second kappa shape index (κ2) is 6.99. The number of benzene rings is 1. The molecule has 1 amide bonds. The van der Waals surface area contributed by atoms with Gasteiger partial charge >= 0.3 is 0 Å². The summed E-state index contributed by atoms with van der Waals surface area (Å²) < 4.78 is 0. The summed E-state index contributed by atoms with van der Waals surface area (Å²) in [6.07, 6.45) is 5.51. The van der Waals surface area contributed by atoms with E-state index in [4.69, 9.17) is 23.2 Å². The van der Waals surface area contributed by atoms with Crippen LogP contribution in [0.25, 0.3) is 0 Å². The molecule has 1 aliphatic rings. The molecule has 1 heterocycles. The van der Waals surface area contributed by atoms with Crippen LogP contribution < -0.4 is 5.32 Å². The van der Waals surface area contributed by atoms with Crippen molar-refractivity contribution in [3.63, 3.8) is 0 Å². The van der Waals surface area contributed by atoms with Gasteiger partial charge in [-0.3, -0.25) is 4.79 Å². The van der Waals surface area contributed by atoms with E-state index in [-0.39, 0.29) is 5.91 Å². The smallest absolute Gasteiger partial charge is 0.252 e. The van der Waals surface area contributed by atoms with Gasteiger partial charge in [-0.25, -0.2) is 4.98 Å². The van der Waals surface area contributed by atoms with Crippen molar-refractivity contribution >= 4 is 40.4 Å². The lowest BCUT2D eigenvalue weighted by Crippen LogP contribution is -2.25. The number of fused-ring (bicyclic) bond motifs is 1. The van der Waals surface area contributed by atoms with Crippen molar-refractivity contribution in [2.45, 2.75) is 32.1 Å². The first-order valence-electron chi connectivity index (χ1n) is 7.34. The summed E-state index contributed by atoms with van der Waals surface area (Å²) in [7, 11) is 0. The molecule has 2 aromatic rings. The van der Waals surface area contributed by atoms with E-state index < -0.39 is 0 Å². The molecule has 0 unspecified atom stereocenters. The molecule has 0 bridgehead atoms. The lowest BCUT2D eigenvalue weighted by Gasteiger charge is -2.06. The minimum atomic E-state index is -0.178. The van der Waals surface area contributed by atoms with Crippen molar-refractivity contribution < 1.29 is 4.79 Å². The summed E-state index contributed by atoms with van der Waals surface area (Å²) >= 11 is 13.6. The Morgan fingerprint density at radius 2 is 2.09 bits per heavy atom. The number of nitrogens with zero attached hydrogens (tertiary/aromatic N) is 1. The molecule has 0 aliphatic heterocycles. The van der Waals surface area contributed by atoms with Crippen molar-refractivity contribution in [2.75, 3.05) is 6.54 Å². The van der Waals surface area contributed by atoms with E-state index in [1.165, 1.54) is 23.4 Å². The SMILES string of the molecule is O=C(NCCc1nc2c(s1)CCCC2)c1ccc(Cl)cc1Cl. The summed E-state index contributed by atoms with van der Waals surface area (Å²) in [5.41, 5.74) is 1.71. The minimum Gasteiger partial charge on any atom is -0.352 e. The van der Waals surface area contributed by atoms with Crippen molar-refractivity contribution in [2.24, 2.45) is 0 Å². The number of carbonyl (C=O) groups is 1. The molecule has 1 aromatic heterocycles. The van der Waals surface area contributed by atoms with Gasteiger partial charge in [-0.05, 0) is 43.9 Å². The Morgan fingerprint density at radius 1 is 1.27 bits per heavy atom. The van der Waals surface area contributed by atoms with Crippen molar-refractivity contribution in [1.82, 2.24) is 10.3 Å². The topological polar surface area (TPSA) is 42.0 Å². The fraction of sp³-hybridized carbons (Fsp3) is 0.375. The zero-order valence-corrected chi connectivity index (χ0v) is 14.3. The van der Waals surface area contributed by atoms with Crippen molar-refractivity contribution in [3.05, 3.63) is 49.4 Å². The van der Waals surface area contributed by atoms with E-state index in [0.29, 0.717) is 22.2 Å². The number of hydrogen-bond donors (Lipinski definition) is 1. The van der Waals surface area contributed by atoms with E-state index in [2.05, 4.69) is 10.3 Å². The maximum Gasteiger partial charge on any atom is 0.252 e. The predicted molar refractivity (Wildman–Crippen MR) is 91.3 cm³/mol. The van der Waals surface area contributed by atoms with Gasteiger partial charge in [0, 0.05) is 22.9 Å². The second-order valence-electron chi connectivity index (χ2n) is 5.31. The number of aryl methyl sites for hydroxylation is 2. The number of aromatic nitrogens is 1. The number of amides is 1. The van der Waals surface area contributed by atoms with Gasteiger partial charge in [-0.1, -0.05) is 23.2 Å². The van der Waals surface area contributed by atoms with Crippen LogP contribution >= 0.6 is 34.5 Å². The molecule has 22 heavy (non-hydrogen) atoms. The first-order chi connectivity index (χ1) is 10.6. The monoisotopic (exact) mass is 354 g/mol. The van der Waals surface area contributed by atoms with E-state index in [1.54, 1.807) is 29.5 Å². The van der Waals surface area contributed by atoms with Gasteiger partial charge in [0.15, 0.2) is 0 Å². The highest BCUT2D eigenvalue weighted by Gasteiger charge is 2.15. The Kier molecular flexibility index (Phi) is 5.01. The zero-order chi connectivity index (χ0) is 15.5. The van der Waals surface area contributed by atoms with Gasteiger partial charge < -0.3 is 5.32 Å².